The number of nitrogens with one attached hydrogen (secondary N) is 1. The van der Waals surface area contributed by atoms with E-state index in [2.05, 4.69) is 5.32 Å². The molecular weight excluding hydrogens is 378 g/mol. The van der Waals surface area contributed by atoms with Gasteiger partial charge in [-0.25, -0.2) is 0 Å². The third-order valence-electron chi connectivity index (χ3n) is 4.71. The van der Waals surface area contributed by atoms with E-state index in [0.29, 0.717) is 16.4 Å². The number of para-hydroxylation sites is 1. The summed E-state index contributed by atoms with van der Waals surface area (Å²) in [6.07, 6.45) is 0.105. The van der Waals surface area contributed by atoms with Crippen molar-refractivity contribution in [3.8, 4) is 0 Å². The largest absolute Gasteiger partial charge is 0.336 e. The van der Waals surface area contributed by atoms with Crippen molar-refractivity contribution in [2.45, 2.75) is 13.3 Å². The van der Waals surface area contributed by atoms with Gasteiger partial charge in [-0.3, -0.25) is 14.4 Å². The molecule has 146 valence electrons. The first-order valence-electron chi connectivity index (χ1n) is 9.01. The highest BCUT2D eigenvalue weighted by molar-refractivity contribution is 6.33. The Morgan fingerprint density at radius 1 is 1.18 bits per heavy atom. The molecule has 28 heavy (non-hydrogen) atoms. The minimum atomic E-state index is -0.499. The van der Waals surface area contributed by atoms with E-state index in [-0.39, 0.29) is 37.2 Å². The molecule has 1 heterocycles. The lowest BCUT2D eigenvalue weighted by Gasteiger charge is -2.21. The zero-order valence-electron chi connectivity index (χ0n) is 15.8. The molecule has 0 aromatic heterocycles. The number of aryl methyl sites for hydroxylation is 1. The summed E-state index contributed by atoms with van der Waals surface area (Å²) < 4.78 is 0. The maximum atomic E-state index is 12.7. The van der Waals surface area contributed by atoms with Crippen LogP contribution in [0.25, 0.3) is 0 Å². The molecule has 1 atom stereocenters. The highest BCUT2D eigenvalue weighted by Gasteiger charge is 2.37. The van der Waals surface area contributed by atoms with Gasteiger partial charge in [-0.2, -0.15) is 0 Å². The van der Waals surface area contributed by atoms with Crippen LogP contribution in [-0.4, -0.2) is 42.8 Å². The Labute approximate surface area is 169 Å². The van der Waals surface area contributed by atoms with Crippen LogP contribution in [0.5, 0.6) is 0 Å². The van der Waals surface area contributed by atoms with Crippen molar-refractivity contribution in [2.75, 3.05) is 30.4 Å². The first-order chi connectivity index (χ1) is 13.3. The Balaban J connectivity index is 1.59. The first kappa shape index (κ1) is 19.9. The van der Waals surface area contributed by atoms with Gasteiger partial charge in [-0.15, -0.1) is 0 Å². The lowest BCUT2D eigenvalue weighted by Crippen LogP contribution is -2.39. The molecule has 0 spiro atoms. The molecule has 1 aliphatic rings. The Kier molecular flexibility index (Phi) is 5.99. The van der Waals surface area contributed by atoms with Crippen molar-refractivity contribution in [3.05, 3.63) is 59.1 Å². The minimum Gasteiger partial charge on any atom is -0.336 e. The standard InChI is InChI=1S/C21H22ClN3O3/c1-14-7-9-16(10-8-14)23-19(26)13-24(2)21(28)15-11-20(27)25(12-15)18-6-4-3-5-17(18)22/h3-10,15H,11-13H2,1-2H3,(H,23,26)/t15-/m0/s1. The highest BCUT2D eigenvalue weighted by atomic mass is 35.5. The second-order valence-electron chi connectivity index (χ2n) is 6.97. The molecule has 7 heteroatoms. The number of amides is 3. The molecule has 0 unspecified atom stereocenters. The van der Waals surface area contributed by atoms with E-state index in [1.54, 1.807) is 31.3 Å². The van der Waals surface area contributed by atoms with Crippen molar-refractivity contribution >= 4 is 40.7 Å². The van der Waals surface area contributed by atoms with E-state index >= 15 is 0 Å². The molecule has 0 bridgehead atoms. The predicted octanol–water partition coefficient (Wildman–Crippen LogP) is 3.10. The zero-order chi connectivity index (χ0) is 20.3. The van der Waals surface area contributed by atoms with Gasteiger partial charge in [0.25, 0.3) is 0 Å². The molecule has 1 saturated heterocycles. The maximum Gasteiger partial charge on any atom is 0.243 e. The van der Waals surface area contributed by atoms with Crippen LogP contribution in [-0.2, 0) is 14.4 Å². The monoisotopic (exact) mass is 399 g/mol. The number of halogens is 1. The summed E-state index contributed by atoms with van der Waals surface area (Å²) in [7, 11) is 1.57. The number of nitrogens with zero attached hydrogens (tertiary/aromatic N) is 2. The molecule has 2 aromatic carbocycles. The normalized spacial score (nSPS) is 16.2. The van der Waals surface area contributed by atoms with Gasteiger partial charge in [-0.05, 0) is 31.2 Å². The summed E-state index contributed by atoms with van der Waals surface area (Å²) >= 11 is 6.17. The van der Waals surface area contributed by atoms with Crippen LogP contribution >= 0.6 is 11.6 Å². The van der Waals surface area contributed by atoms with Crippen LogP contribution in [0.15, 0.2) is 48.5 Å². The van der Waals surface area contributed by atoms with Crippen molar-refractivity contribution in [1.29, 1.82) is 0 Å². The molecule has 1 fully saturated rings. The van der Waals surface area contributed by atoms with Gasteiger partial charge in [-0.1, -0.05) is 41.4 Å². The van der Waals surface area contributed by atoms with Crippen molar-refractivity contribution in [2.24, 2.45) is 5.92 Å². The fourth-order valence-corrected chi connectivity index (χ4v) is 3.46. The first-order valence-corrected chi connectivity index (χ1v) is 9.39. The number of hydrogen-bond acceptors (Lipinski definition) is 3. The molecule has 3 rings (SSSR count). The van der Waals surface area contributed by atoms with Gasteiger partial charge >= 0.3 is 0 Å². The van der Waals surface area contributed by atoms with Gasteiger partial charge in [0.1, 0.15) is 0 Å². The fourth-order valence-electron chi connectivity index (χ4n) is 3.22. The number of hydrogen-bond donors (Lipinski definition) is 1. The van der Waals surface area contributed by atoms with Crippen LogP contribution < -0.4 is 10.2 Å². The Morgan fingerprint density at radius 3 is 2.54 bits per heavy atom. The number of carbonyl (C=O) groups excluding carboxylic acids is 3. The SMILES string of the molecule is Cc1ccc(NC(=O)CN(C)C(=O)[C@H]2CC(=O)N(c3ccccc3Cl)C2)cc1. The third kappa shape index (κ3) is 4.51. The van der Waals surface area contributed by atoms with Gasteiger partial charge in [0, 0.05) is 25.7 Å². The summed E-state index contributed by atoms with van der Waals surface area (Å²) in [5.74, 6) is -1.17. The average Bonchev–Trinajstić information content (AvgIpc) is 3.04. The molecular formula is C21H22ClN3O3. The van der Waals surface area contributed by atoms with Gasteiger partial charge in [0.2, 0.25) is 17.7 Å². The van der Waals surface area contributed by atoms with Crippen LogP contribution in [0.4, 0.5) is 11.4 Å². The molecule has 0 radical (unpaired) electrons. The van der Waals surface area contributed by atoms with Crippen LogP contribution in [0.2, 0.25) is 5.02 Å². The Morgan fingerprint density at radius 2 is 1.86 bits per heavy atom. The summed E-state index contributed by atoms with van der Waals surface area (Å²) in [4.78, 5) is 40.2. The van der Waals surface area contributed by atoms with Gasteiger partial charge < -0.3 is 15.1 Å². The van der Waals surface area contributed by atoms with E-state index in [9.17, 15) is 14.4 Å². The smallest absolute Gasteiger partial charge is 0.243 e. The fraction of sp³-hybridized carbons (Fsp3) is 0.286. The van der Waals surface area contributed by atoms with Crippen molar-refractivity contribution in [3.63, 3.8) is 0 Å². The lowest BCUT2D eigenvalue weighted by molar-refractivity contribution is -0.137. The number of rotatable bonds is 5. The minimum absolute atomic E-state index is 0.0799. The molecule has 1 N–H and O–H groups in total. The number of likely N-dealkylation sites (N-methyl/N-ethyl adjacent to an activating group) is 1. The average molecular weight is 400 g/mol. The molecule has 1 aliphatic heterocycles. The maximum absolute atomic E-state index is 12.7. The Hall–Kier alpha value is -2.86. The topological polar surface area (TPSA) is 69.7 Å². The van der Waals surface area contributed by atoms with E-state index in [1.807, 2.05) is 31.2 Å². The molecule has 0 saturated carbocycles. The van der Waals surface area contributed by atoms with Crippen LogP contribution in [0.3, 0.4) is 0 Å². The van der Waals surface area contributed by atoms with Gasteiger partial charge in [0.15, 0.2) is 0 Å². The summed E-state index contributed by atoms with van der Waals surface area (Å²) in [5.41, 5.74) is 2.38. The van der Waals surface area contributed by atoms with E-state index in [4.69, 9.17) is 11.6 Å². The lowest BCUT2D eigenvalue weighted by atomic mass is 10.1. The second-order valence-corrected chi connectivity index (χ2v) is 7.37. The van der Waals surface area contributed by atoms with E-state index in [0.717, 1.165) is 5.56 Å². The second kappa shape index (κ2) is 8.44. The van der Waals surface area contributed by atoms with Crippen molar-refractivity contribution in [1.82, 2.24) is 4.90 Å². The highest BCUT2D eigenvalue weighted by Crippen LogP contribution is 2.31. The summed E-state index contributed by atoms with van der Waals surface area (Å²) in [6, 6.07) is 14.5. The number of anilines is 2. The number of benzene rings is 2. The summed E-state index contributed by atoms with van der Waals surface area (Å²) in [5, 5.41) is 3.24. The van der Waals surface area contributed by atoms with Crippen molar-refractivity contribution < 1.29 is 14.4 Å². The summed E-state index contributed by atoms with van der Waals surface area (Å²) in [6.45, 7) is 2.14. The van der Waals surface area contributed by atoms with Gasteiger partial charge in [0.05, 0.1) is 23.2 Å². The molecule has 6 nitrogen and oxygen atoms in total. The van der Waals surface area contributed by atoms with Crippen LogP contribution in [0.1, 0.15) is 12.0 Å². The molecule has 0 aliphatic carbocycles. The quantitative estimate of drug-likeness (QED) is 0.839. The zero-order valence-corrected chi connectivity index (χ0v) is 16.6. The number of carbonyl (C=O) groups is 3. The van der Waals surface area contributed by atoms with Crippen LogP contribution in [0, 0.1) is 12.8 Å². The molecule has 2 aromatic rings. The predicted molar refractivity (Wildman–Crippen MR) is 109 cm³/mol. The van der Waals surface area contributed by atoms with E-state index < -0.39 is 5.92 Å². The molecule has 3 amide bonds. The third-order valence-corrected chi connectivity index (χ3v) is 5.03. The Bertz CT molecular complexity index is 898. The van der Waals surface area contributed by atoms with E-state index in [1.165, 1.54) is 9.80 Å².